The molecular formula is C31H37N5O3S. The van der Waals surface area contributed by atoms with Crippen molar-refractivity contribution in [3.05, 3.63) is 65.5 Å². The van der Waals surface area contributed by atoms with Gasteiger partial charge in [0.15, 0.2) is 9.84 Å². The third kappa shape index (κ3) is 4.85. The van der Waals surface area contributed by atoms with Crippen molar-refractivity contribution < 1.29 is 13.2 Å². The molecule has 210 valence electrons. The van der Waals surface area contributed by atoms with Crippen molar-refractivity contribution in [3.8, 4) is 11.1 Å². The van der Waals surface area contributed by atoms with E-state index in [1.807, 2.05) is 30.1 Å². The first-order valence-electron chi connectivity index (χ1n) is 14.3. The quantitative estimate of drug-likeness (QED) is 0.415. The van der Waals surface area contributed by atoms with Gasteiger partial charge in [0.05, 0.1) is 16.3 Å². The van der Waals surface area contributed by atoms with Gasteiger partial charge in [-0.2, -0.15) is 0 Å². The smallest absolute Gasteiger partial charge is 0.322 e. The number of rotatable bonds is 7. The van der Waals surface area contributed by atoms with Crippen LogP contribution in [0, 0.1) is 0 Å². The van der Waals surface area contributed by atoms with Gasteiger partial charge < -0.3 is 10.2 Å². The minimum absolute atomic E-state index is 0.0248. The maximum absolute atomic E-state index is 13.5. The van der Waals surface area contributed by atoms with Crippen LogP contribution in [0.5, 0.6) is 0 Å². The number of aromatic nitrogens is 2. The summed E-state index contributed by atoms with van der Waals surface area (Å²) < 4.78 is 24.2. The van der Waals surface area contributed by atoms with Crippen LogP contribution in [0.4, 0.5) is 16.4 Å². The van der Waals surface area contributed by atoms with Crippen LogP contribution in [-0.4, -0.2) is 50.8 Å². The molecule has 2 amide bonds. The molecule has 2 aliphatic carbocycles. The van der Waals surface area contributed by atoms with Crippen LogP contribution in [0.2, 0.25) is 0 Å². The summed E-state index contributed by atoms with van der Waals surface area (Å²) in [5.41, 5.74) is 6.42. The standard InChI is InChI=1S/C31H37N5O3S/c1-4-40(38,39)24-12-7-21(8-13-24)18-33-30(37)36-20-31(15-5-6-16-31)26-17-23(11-14-27(26)36)25-19-32-29(35(2)3)34-28(25)22-9-10-22/h7-8,11-14,17,19,22H,4-6,9-10,15-16,18,20H2,1-3H3,(H,33,37). The Kier molecular flexibility index (Phi) is 6.81. The number of nitrogens with one attached hydrogen (secondary N) is 1. The van der Waals surface area contributed by atoms with Crippen molar-refractivity contribution in [1.29, 1.82) is 0 Å². The molecular weight excluding hydrogens is 522 g/mol. The van der Waals surface area contributed by atoms with Crippen molar-refractivity contribution in [2.24, 2.45) is 0 Å². The van der Waals surface area contributed by atoms with E-state index in [4.69, 9.17) is 4.98 Å². The van der Waals surface area contributed by atoms with Crippen LogP contribution < -0.4 is 15.1 Å². The minimum Gasteiger partial charge on any atom is -0.347 e. The Bertz CT molecular complexity index is 1540. The number of benzene rings is 2. The van der Waals surface area contributed by atoms with E-state index < -0.39 is 9.84 Å². The summed E-state index contributed by atoms with van der Waals surface area (Å²) in [6.07, 6.45) is 8.78. The van der Waals surface area contributed by atoms with Gasteiger partial charge in [-0.05, 0) is 66.6 Å². The van der Waals surface area contributed by atoms with Crippen LogP contribution in [-0.2, 0) is 21.8 Å². The summed E-state index contributed by atoms with van der Waals surface area (Å²) in [6, 6.07) is 13.1. The normalized spacial score (nSPS) is 17.7. The molecule has 3 aliphatic rings. The molecule has 0 atom stereocenters. The minimum atomic E-state index is -3.25. The number of nitrogens with zero attached hydrogens (tertiary/aromatic N) is 4. The lowest BCUT2D eigenvalue weighted by Gasteiger charge is -2.25. The van der Waals surface area contributed by atoms with Gasteiger partial charge in [0.25, 0.3) is 0 Å². The maximum atomic E-state index is 13.5. The Morgan fingerprint density at radius 2 is 1.82 bits per heavy atom. The van der Waals surface area contributed by atoms with Crippen LogP contribution >= 0.6 is 0 Å². The second kappa shape index (κ2) is 10.2. The topological polar surface area (TPSA) is 95.5 Å². The van der Waals surface area contributed by atoms with Gasteiger partial charge in [0.1, 0.15) is 0 Å². The highest BCUT2D eigenvalue weighted by molar-refractivity contribution is 7.91. The predicted molar refractivity (Wildman–Crippen MR) is 158 cm³/mol. The zero-order valence-corrected chi connectivity index (χ0v) is 24.3. The first-order chi connectivity index (χ1) is 19.2. The molecule has 0 radical (unpaired) electrons. The molecule has 0 bridgehead atoms. The van der Waals surface area contributed by atoms with Crippen molar-refractivity contribution in [1.82, 2.24) is 15.3 Å². The van der Waals surface area contributed by atoms with Gasteiger partial charge in [-0.3, -0.25) is 4.90 Å². The number of sulfone groups is 1. The fourth-order valence-electron chi connectivity index (χ4n) is 6.24. The zero-order valence-electron chi connectivity index (χ0n) is 23.5. The van der Waals surface area contributed by atoms with Crippen molar-refractivity contribution in [2.45, 2.75) is 68.2 Å². The second-order valence-corrected chi connectivity index (χ2v) is 13.9. The Hall–Kier alpha value is -3.46. The number of amides is 2. The summed E-state index contributed by atoms with van der Waals surface area (Å²) in [6.45, 7) is 2.65. The molecule has 0 saturated heterocycles. The molecule has 1 aliphatic heterocycles. The second-order valence-electron chi connectivity index (χ2n) is 11.6. The van der Waals surface area contributed by atoms with Gasteiger partial charge in [-0.15, -0.1) is 0 Å². The Balaban J connectivity index is 1.26. The predicted octanol–water partition coefficient (Wildman–Crippen LogP) is 5.42. The summed E-state index contributed by atoms with van der Waals surface area (Å²) in [5.74, 6) is 1.30. The van der Waals surface area contributed by atoms with E-state index in [-0.39, 0.29) is 17.2 Å². The van der Waals surface area contributed by atoms with E-state index in [0.29, 0.717) is 23.9 Å². The lowest BCUT2D eigenvalue weighted by molar-refractivity contribution is 0.245. The number of carbonyl (C=O) groups is 1. The molecule has 2 aromatic carbocycles. The molecule has 2 saturated carbocycles. The van der Waals surface area contributed by atoms with Crippen molar-refractivity contribution >= 4 is 27.5 Å². The average molecular weight is 560 g/mol. The highest BCUT2D eigenvalue weighted by Gasteiger charge is 2.46. The molecule has 9 heteroatoms. The largest absolute Gasteiger partial charge is 0.347 e. The Morgan fingerprint density at radius 1 is 1.10 bits per heavy atom. The van der Waals surface area contributed by atoms with E-state index in [9.17, 15) is 13.2 Å². The van der Waals surface area contributed by atoms with E-state index in [1.54, 1.807) is 31.2 Å². The number of fused-ring (bicyclic) bond motifs is 2. The molecule has 0 unspecified atom stereocenters. The summed E-state index contributed by atoms with van der Waals surface area (Å²) in [7, 11) is 0.692. The molecule has 6 rings (SSSR count). The fourth-order valence-corrected chi connectivity index (χ4v) is 7.13. The molecule has 1 aromatic heterocycles. The van der Waals surface area contributed by atoms with E-state index in [2.05, 4.69) is 28.5 Å². The van der Waals surface area contributed by atoms with Crippen LogP contribution in [0.15, 0.2) is 53.6 Å². The monoisotopic (exact) mass is 559 g/mol. The SMILES string of the molecule is CCS(=O)(=O)c1ccc(CNC(=O)N2CC3(CCCC3)c3cc(-c4cnc(N(C)C)nc4C4CC4)ccc32)cc1. The van der Waals surface area contributed by atoms with E-state index >= 15 is 0 Å². The van der Waals surface area contributed by atoms with Crippen molar-refractivity contribution in [3.63, 3.8) is 0 Å². The maximum Gasteiger partial charge on any atom is 0.322 e. The number of anilines is 2. The third-order valence-corrected chi connectivity index (χ3v) is 10.5. The highest BCUT2D eigenvalue weighted by atomic mass is 32.2. The average Bonchev–Trinajstić information content (AvgIpc) is 3.63. The molecule has 40 heavy (non-hydrogen) atoms. The number of hydrogen-bond acceptors (Lipinski definition) is 6. The first kappa shape index (κ1) is 26.7. The lowest BCUT2D eigenvalue weighted by atomic mass is 9.80. The Labute approximate surface area is 236 Å². The van der Waals surface area contributed by atoms with Gasteiger partial charge in [-0.1, -0.05) is 38.0 Å². The van der Waals surface area contributed by atoms with Crippen molar-refractivity contribution in [2.75, 3.05) is 36.2 Å². The number of urea groups is 1. The van der Waals surface area contributed by atoms with Crippen LogP contribution in [0.1, 0.15) is 68.2 Å². The van der Waals surface area contributed by atoms with Gasteiger partial charge in [0.2, 0.25) is 5.95 Å². The number of hydrogen-bond donors (Lipinski definition) is 1. The fraction of sp³-hybridized carbons (Fsp3) is 0.452. The van der Waals surface area contributed by atoms with Crippen LogP contribution in [0.25, 0.3) is 11.1 Å². The number of carbonyl (C=O) groups excluding carboxylic acids is 1. The van der Waals surface area contributed by atoms with E-state index in [0.717, 1.165) is 59.7 Å². The van der Waals surface area contributed by atoms with Gasteiger partial charge >= 0.3 is 6.03 Å². The first-order valence-corrected chi connectivity index (χ1v) is 15.9. The van der Waals surface area contributed by atoms with E-state index in [1.165, 1.54) is 18.4 Å². The lowest BCUT2D eigenvalue weighted by Crippen LogP contribution is -2.41. The molecule has 2 heterocycles. The van der Waals surface area contributed by atoms with Gasteiger partial charge in [0, 0.05) is 56.0 Å². The Morgan fingerprint density at radius 3 is 2.48 bits per heavy atom. The third-order valence-electron chi connectivity index (χ3n) is 8.71. The molecule has 3 aromatic rings. The summed E-state index contributed by atoms with van der Waals surface area (Å²) in [4.78, 5) is 27.2. The molecule has 1 N–H and O–H groups in total. The van der Waals surface area contributed by atoms with Crippen LogP contribution in [0.3, 0.4) is 0 Å². The highest BCUT2D eigenvalue weighted by Crippen LogP contribution is 2.52. The molecule has 8 nitrogen and oxygen atoms in total. The molecule has 2 fully saturated rings. The summed E-state index contributed by atoms with van der Waals surface area (Å²) >= 11 is 0. The van der Waals surface area contributed by atoms with Gasteiger partial charge in [-0.25, -0.2) is 23.2 Å². The molecule has 1 spiro atoms. The zero-order chi connectivity index (χ0) is 28.1. The summed E-state index contributed by atoms with van der Waals surface area (Å²) in [5, 5.41) is 3.07.